The summed E-state index contributed by atoms with van der Waals surface area (Å²) in [4.78, 5) is 9.25. The predicted molar refractivity (Wildman–Crippen MR) is 188 cm³/mol. The van der Waals surface area contributed by atoms with E-state index in [1.165, 1.54) is 76.8 Å². The second kappa shape index (κ2) is 9.70. The Hall–Kier alpha value is -5.60. The molecule has 7 aromatic carbocycles. The summed E-state index contributed by atoms with van der Waals surface area (Å²) in [6, 6.07) is 47.0. The van der Waals surface area contributed by atoms with Crippen LogP contribution in [0.5, 0.6) is 0 Å². The van der Waals surface area contributed by atoms with Gasteiger partial charge in [-0.15, -0.1) is 0 Å². The Kier molecular flexibility index (Phi) is 5.58. The minimum atomic E-state index is -0.0340. The first-order valence-corrected chi connectivity index (χ1v) is 15.6. The number of benzene rings is 7. The summed E-state index contributed by atoms with van der Waals surface area (Å²) in [5.74, 6) is 0. The van der Waals surface area contributed by atoms with Crippen molar-refractivity contribution in [3.05, 3.63) is 157 Å². The zero-order valence-electron chi connectivity index (χ0n) is 25.3. The van der Waals surface area contributed by atoms with E-state index in [2.05, 4.69) is 146 Å². The topological polar surface area (TPSA) is 25.8 Å². The molecule has 1 aromatic heterocycles. The fourth-order valence-electron chi connectivity index (χ4n) is 7.62. The Bertz CT molecular complexity index is 2450. The van der Waals surface area contributed by atoms with E-state index >= 15 is 0 Å². The fraction of sp³-hybridized carbons (Fsp3) is 0.0698. The summed E-state index contributed by atoms with van der Waals surface area (Å²) < 4.78 is 0. The highest BCUT2D eigenvalue weighted by molar-refractivity contribution is 6.21. The van der Waals surface area contributed by atoms with E-state index in [4.69, 9.17) is 4.98 Å². The SMILES string of the molecule is CC1(C)c2ccccc2-c2cc(-c3c4ccccc4c(-c4cnccn4)c4ccc(-c5ccc6ccccc6c5)cc34)ccc21. The zero-order chi connectivity index (χ0) is 30.1. The van der Waals surface area contributed by atoms with Crippen molar-refractivity contribution in [1.29, 1.82) is 0 Å². The number of hydrogen-bond donors (Lipinski definition) is 0. The molecule has 1 heterocycles. The van der Waals surface area contributed by atoms with Gasteiger partial charge in [-0.3, -0.25) is 9.97 Å². The summed E-state index contributed by atoms with van der Waals surface area (Å²) in [6.45, 7) is 4.68. The van der Waals surface area contributed by atoms with Crippen molar-refractivity contribution in [2.75, 3.05) is 0 Å². The lowest BCUT2D eigenvalue weighted by Gasteiger charge is -2.22. The lowest BCUT2D eigenvalue weighted by Crippen LogP contribution is -2.14. The maximum absolute atomic E-state index is 4.79. The molecule has 0 aliphatic heterocycles. The molecule has 1 aliphatic rings. The van der Waals surface area contributed by atoms with Crippen LogP contribution < -0.4 is 0 Å². The van der Waals surface area contributed by atoms with Gasteiger partial charge < -0.3 is 0 Å². The molecule has 0 radical (unpaired) electrons. The van der Waals surface area contributed by atoms with Gasteiger partial charge in [0, 0.05) is 23.4 Å². The summed E-state index contributed by atoms with van der Waals surface area (Å²) >= 11 is 0. The smallest absolute Gasteiger partial charge is 0.0897 e. The lowest BCUT2D eigenvalue weighted by molar-refractivity contribution is 0.660. The van der Waals surface area contributed by atoms with Gasteiger partial charge in [0.25, 0.3) is 0 Å². The Morgan fingerprint density at radius 1 is 0.467 bits per heavy atom. The van der Waals surface area contributed by atoms with Crippen molar-refractivity contribution in [2.24, 2.45) is 0 Å². The molecule has 0 N–H and O–H groups in total. The third kappa shape index (κ3) is 3.89. The van der Waals surface area contributed by atoms with Crippen molar-refractivity contribution in [2.45, 2.75) is 19.3 Å². The second-order valence-electron chi connectivity index (χ2n) is 12.6. The van der Waals surface area contributed by atoms with Gasteiger partial charge in [0.15, 0.2) is 0 Å². The normalized spacial score (nSPS) is 13.3. The summed E-state index contributed by atoms with van der Waals surface area (Å²) in [5.41, 5.74) is 12.3. The molecule has 0 spiro atoms. The van der Waals surface area contributed by atoms with Gasteiger partial charge in [-0.25, -0.2) is 0 Å². The van der Waals surface area contributed by atoms with Crippen LogP contribution in [0.4, 0.5) is 0 Å². The summed E-state index contributed by atoms with van der Waals surface area (Å²) in [6.07, 6.45) is 5.41. The van der Waals surface area contributed by atoms with Crippen LogP contribution in [-0.4, -0.2) is 9.97 Å². The summed E-state index contributed by atoms with van der Waals surface area (Å²) in [7, 11) is 0. The third-order valence-corrected chi connectivity index (χ3v) is 9.80. The molecule has 1 aliphatic carbocycles. The van der Waals surface area contributed by atoms with Crippen LogP contribution in [0.3, 0.4) is 0 Å². The number of aromatic nitrogens is 2. The zero-order valence-corrected chi connectivity index (χ0v) is 25.3. The first-order chi connectivity index (χ1) is 22.1. The molecule has 0 atom stereocenters. The van der Waals surface area contributed by atoms with Crippen molar-refractivity contribution in [1.82, 2.24) is 9.97 Å². The van der Waals surface area contributed by atoms with Crippen LogP contribution in [0.1, 0.15) is 25.0 Å². The highest BCUT2D eigenvalue weighted by atomic mass is 14.8. The first-order valence-electron chi connectivity index (χ1n) is 15.6. The molecule has 0 fully saturated rings. The molecule has 2 nitrogen and oxygen atoms in total. The maximum atomic E-state index is 4.79. The van der Waals surface area contributed by atoms with E-state index in [0.29, 0.717) is 0 Å². The quantitative estimate of drug-likeness (QED) is 0.196. The highest BCUT2D eigenvalue weighted by Gasteiger charge is 2.35. The van der Waals surface area contributed by atoms with Gasteiger partial charge in [-0.1, -0.05) is 123 Å². The monoisotopic (exact) mass is 574 g/mol. The van der Waals surface area contributed by atoms with Crippen LogP contribution in [0.25, 0.3) is 77.0 Å². The molecule has 45 heavy (non-hydrogen) atoms. The van der Waals surface area contributed by atoms with E-state index in [9.17, 15) is 0 Å². The van der Waals surface area contributed by atoms with Gasteiger partial charge in [0.05, 0.1) is 11.9 Å². The average molecular weight is 575 g/mol. The van der Waals surface area contributed by atoms with E-state index < -0.39 is 0 Å². The van der Waals surface area contributed by atoms with Crippen LogP contribution >= 0.6 is 0 Å². The maximum Gasteiger partial charge on any atom is 0.0897 e. The van der Waals surface area contributed by atoms with E-state index in [0.717, 1.165) is 11.3 Å². The molecular formula is C43H30N2. The largest absolute Gasteiger partial charge is 0.261 e. The second-order valence-corrected chi connectivity index (χ2v) is 12.6. The van der Waals surface area contributed by atoms with E-state index in [1.54, 1.807) is 12.4 Å². The Morgan fingerprint density at radius 3 is 1.98 bits per heavy atom. The van der Waals surface area contributed by atoms with Crippen LogP contribution in [0, 0.1) is 0 Å². The van der Waals surface area contributed by atoms with Crippen LogP contribution in [-0.2, 0) is 5.41 Å². The standard InChI is InChI=1S/C43H30N2/c1-43(2)38-14-8-7-11-32(38)36-25-31(18-20-39(36)43)41-33-12-5-6-13-34(33)42(40-26-44-21-22-45-40)35-19-17-30(24-37(35)41)29-16-15-27-9-3-4-10-28(27)23-29/h3-26H,1-2H3. The molecule has 0 bridgehead atoms. The van der Waals surface area contributed by atoms with Crippen LogP contribution in [0.2, 0.25) is 0 Å². The first kappa shape index (κ1) is 25.9. The molecular weight excluding hydrogens is 544 g/mol. The predicted octanol–water partition coefficient (Wildman–Crippen LogP) is 11.2. The van der Waals surface area contributed by atoms with E-state index in [1.807, 2.05) is 6.20 Å². The molecule has 0 saturated carbocycles. The molecule has 2 heteroatoms. The lowest BCUT2D eigenvalue weighted by atomic mass is 9.81. The van der Waals surface area contributed by atoms with E-state index in [-0.39, 0.29) is 5.41 Å². The number of rotatable bonds is 3. The molecule has 212 valence electrons. The Morgan fingerprint density at radius 2 is 1.13 bits per heavy atom. The van der Waals surface area contributed by atoms with Crippen molar-refractivity contribution < 1.29 is 0 Å². The third-order valence-electron chi connectivity index (χ3n) is 9.80. The van der Waals surface area contributed by atoms with Gasteiger partial charge in [0.2, 0.25) is 0 Å². The molecule has 0 amide bonds. The van der Waals surface area contributed by atoms with Gasteiger partial charge in [-0.2, -0.15) is 0 Å². The summed E-state index contributed by atoms with van der Waals surface area (Å²) in [5, 5.41) is 7.28. The van der Waals surface area contributed by atoms with Gasteiger partial charge in [0.1, 0.15) is 0 Å². The Labute approximate surface area is 262 Å². The van der Waals surface area contributed by atoms with Crippen LogP contribution in [0.15, 0.2) is 146 Å². The number of nitrogens with zero attached hydrogens (tertiary/aromatic N) is 2. The van der Waals surface area contributed by atoms with Crippen molar-refractivity contribution >= 4 is 32.3 Å². The fourth-order valence-corrected chi connectivity index (χ4v) is 7.62. The molecule has 8 aromatic rings. The molecule has 9 rings (SSSR count). The minimum absolute atomic E-state index is 0.0340. The average Bonchev–Trinajstić information content (AvgIpc) is 3.32. The van der Waals surface area contributed by atoms with Crippen molar-refractivity contribution in [3.8, 4) is 44.6 Å². The van der Waals surface area contributed by atoms with Crippen molar-refractivity contribution in [3.63, 3.8) is 0 Å². The Balaban J connectivity index is 1.38. The minimum Gasteiger partial charge on any atom is -0.261 e. The molecule has 0 unspecified atom stereocenters. The van der Waals surface area contributed by atoms with Gasteiger partial charge >= 0.3 is 0 Å². The number of hydrogen-bond acceptors (Lipinski definition) is 2. The molecule has 0 saturated heterocycles. The number of fused-ring (bicyclic) bond motifs is 6. The highest BCUT2D eigenvalue weighted by Crippen LogP contribution is 2.51. The van der Waals surface area contributed by atoms with Gasteiger partial charge in [-0.05, 0) is 95.0 Å².